The molecule has 5 fully saturated rings. The van der Waals surface area contributed by atoms with Crippen molar-refractivity contribution >= 4 is 12.2 Å². The number of nitrogens with zero attached hydrogens (tertiary/aromatic N) is 3. The van der Waals surface area contributed by atoms with Crippen LogP contribution in [0.25, 0.3) is 0 Å². The van der Waals surface area contributed by atoms with E-state index in [4.69, 9.17) is 28.4 Å². The van der Waals surface area contributed by atoms with E-state index in [-0.39, 0.29) is 48.0 Å². The Morgan fingerprint density at radius 2 is 1.02 bits per heavy atom. The van der Waals surface area contributed by atoms with Crippen LogP contribution < -0.4 is 20.1 Å². The molecule has 2 N–H and O–H groups in total. The number of carbonyl (C=O) groups is 2. The van der Waals surface area contributed by atoms with Gasteiger partial charge >= 0.3 is 12.2 Å². The molecule has 2 aliphatic carbocycles. The van der Waals surface area contributed by atoms with Gasteiger partial charge in [-0.15, -0.1) is 0 Å². The summed E-state index contributed by atoms with van der Waals surface area (Å²) in [4.78, 5) is 33.2. The minimum absolute atomic E-state index is 0.0507. The number of unbranched alkanes of at least 4 members (excludes halogenated alkanes) is 1. The molecule has 2 aromatic carbocycles. The van der Waals surface area contributed by atoms with Crippen molar-refractivity contribution in [3.8, 4) is 11.5 Å². The van der Waals surface area contributed by atoms with E-state index in [0.29, 0.717) is 62.9 Å². The number of methoxy groups -OCH3 is 1. The van der Waals surface area contributed by atoms with Crippen LogP contribution >= 0.6 is 0 Å². The molecule has 3 aliphatic heterocycles. The molecule has 13 nitrogen and oxygen atoms in total. The number of carbonyl (C=O) groups excluding carboxylic acids is 2. The zero-order valence-corrected chi connectivity index (χ0v) is 41.3. The second kappa shape index (κ2) is 24.1. The lowest BCUT2D eigenvalue weighted by molar-refractivity contribution is 0.0108. The first-order chi connectivity index (χ1) is 31.8. The predicted octanol–water partition coefficient (Wildman–Crippen LogP) is 8.41. The fourth-order valence-corrected chi connectivity index (χ4v) is 10.1. The van der Waals surface area contributed by atoms with Crippen LogP contribution in [0, 0.1) is 11.8 Å². The van der Waals surface area contributed by atoms with Gasteiger partial charge in [-0.05, 0) is 132 Å². The Kier molecular flexibility index (Phi) is 18.3. The summed E-state index contributed by atoms with van der Waals surface area (Å²) in [5, 5.41) is 6.37. The lowest BCUT2D eigenvalue weighted by atomic mass is 9.76. The molecule has 368 valence electrons. The minimum atomic E-state index is -0.376. The van der Waals surface area contributed by atoms with Gasteiger partial charge in [0.2, 0.25) is 0 Å². The fraction of sp³-hybridized carbons (Fsp3) is 0.736. The maximum Gasteiger partial charge on any atom is 0.407 e. The van der Waals surface area contributed by atoms with Gasteiger partial charge in [0.05, 0.1) is 6.61 Å². The maximum absolute atomic E-state index is 13.3. The highest BCUT2D eigenvalue weighted by atomic mass is 16.6. The maximum atomic E-state index is 13.3. The molecule has 0 spiro atoms. The Morgan fingerprint density at radius 1 is 0.621 bits per heavy atom. The summed E-state index contributed by atoms with van der Waals surface area (Å²) >= 11 is 0. The van der Waals surface area contributed by atoms with E-state index >= 15 is 0 Å². The van der Waals surface area contributed by atoms with Gasteiger partial charge in [-0.3, -0.25) is 14.7 Å². The van der Waals surface area contributed by atoms with Crippen molar-refractivity contribution in [2.24, 2.45) is 11.8 Å². The van der Waals surface area contributed by atoms with Crippen molar-refractivity contribution in [1.82, 2.24) is 25.3 Å². The second-order valence-electron chi connectivity index (χ2n) is 21.0. The van der Waals surface area contributed by atoms with Crippen LogP contribution in [0.1, 0.15) is 123 Å². The highest BCUT2D eigenvalue weighted by Gasteiger charge is 2.36. The summed E-state index contributed by atoms with van der Waals surface area (Å²) in [5.41, 5.74) is 2.15. The van der Waals surface area contributed by atoms with Crippen LogP contribution in [0.15, 0.2) is 48.5 Å². The van der Waals surface area contributed by atoms with Crippen molar-refractivity contribution in [1.29, 1.82) is 0 Å². The molecule has 0 aromatic heterocycles. The van der Waals surface area contributed by atoms with Crippen LogP contribution in [-0.2, 0) is 24.4 Å². The number of amides is 2. The third kappa shape index (κ3) is 15.7. The van der Waals surface area contributed by atoms with Crippen molar-refractivity contribution < 1.29 is 38.0 Å². The summed E-state index contributed by atoms with van der Waals surface area (Å²) in [6.45, 7) is 20.7. The molecule has 3 heterocycles. The molecule has 9 unspecified atom stereocenters. The van der Waals surface area contributed by atoms with Crippen LogP contribution in [0.3, 0.4) is 0 Å². The van der Waals surface area contributed by atoms with E-state index in [1.165, 1.54) is 17.5 Å². The molecule has 7 rings (SSSR count). The molecular formula is C53H83N5O8. The number of ether oxygens (including phenoxy) is 6. The monoisotopic (exact) mass is 918 g/mol. The number of hydrogen-bond donors (Lipinski definition) is 2. The fourth-order valence-electron chi connectivity index (χ4n) is 10.1. The average molecular weight is 918 g/mol. The van der Waals surface area contributed by atoms with Gasteiger partial charge < -0.3 is 39.1 Å². The van der Waals surface area contributed by atoms with E-state index < -0.39 is 0 Å². The summed E-state index contributed by atoms with van der Waals surface area (Å²) in [6.07, 6.45) is 10.5. The quantitative estimate of drug-likeness (QED) is 0.0699. The zero-order chi connectivity index (χ0) is 46.6. The van der Waals surface area contributed by atoms with E-state index in [9.17, 15) is 9.59 Å². The molecule has 3 saturated heterocycles. The van der Waals surface area contributed by atoms with E-state index in [2.05, 4.69) is 91.1 Å². The Labute approximate surface area is 396 Å². The minimum Gasteiger partial charge on any atom is -0.491 e. The van der Waals surface area contributed by atoms with Crippen LogP contribution in [0.4, 0.5) is 9.59 Å². The van der Waals surface area contributed by atoms with Gasteiger partial charge in [-0.1, -0.05) is 51.5 Å². The molecule has 0 radical (unpaired) electrons. The van der Waals surface area contributed by atoms with Crippen molar-refractivity contribution in [3.05, 3.63) is 59.7 Å². The average Bonchev–Trinajstić information content (AvgIpc) is 4.28. The van der Waals surface area contributed by atoms with Gasteiger partial charge in [0.1, 0.15) is 36.9 Å². The second-order valence-corrected chi connectivity index (χ2v) is 21.0. The Hall–Kier alpha value is -3.62. The van der Waals surface area contributed by atoms with E-state index in [1.54, 1.807) is 7.11 Å². The lowest BCUT2D eigenvalue weighted by Gasteiger charge is -2.34. The third-order valence-electron chi connectivity index (χ3n) is 15.1. The van der Waals surface area contributed by atoms with Crippen molar-refractivity contribution in [2.75, 3.05) is 72.8 Å². The lowest BCUT2D eigenvalue weighted by Crippen LogP contribution is -2.42. The molecule has 9 atom stereocenters. The predicted molar refractivity (Wildman–Crippen MR) is 259 cm³/mol. The van der Waals surface area contributed by atoms with Gasteiger partial charge in [0, 0.05) is 88.6 Å². The number of benzene rings is 2. The van der Waals surface area contributed by atoms with Crippen molar-refractivity contribution in [2.45, 2.75) is 166 Å². The first kappa shape index (κ1) is 50.3. The zero-order valence-electron chi connectivity index (χ0n) is 41.3. The van der Waals surface area contributed by atoms with Crippen LogP contribution in [-0.4, -0.2) is 148 Å². The number of nitrogens with one attached hydrogen (secondary N) is 2. The summed E-state index contributed by atoms with van der Waals surface area (Å²) in [5.74, 6) is 2.96. The first-order valence-corrected chi connectivity index (χ1v) is 25.6. The first-order valence-electron chi connectivity index (χ1n) is 25.6. The molecule has 5 aliphatic rings. The van der Waals surface area contributed by atoms with Crippen molar-refractivity contribution in [3.63, 3.8) is 0 Å². The summed E-state index contributed by atoms with van der Waals surface area (Å²) < 4.78 is 35.8. The molecule has 2 amide bonds. The number of hydrogen-bond acceptors (Lipinski definition) is 11. The normalized spacial score (nSPS) is 29.4. The molecule has 2 aromatic rings. The molecule has 2 saturated carbocycles. The van der Waals surface area contributed by atoms with E-state index in [0.717, 1.165) is 108 Å². The summed E-state index contributed by atoms with van der Waals surface area (Å²) in [6, 6.07) is 18.7. The number of alkyl carbamates (subject to hydrolysis) is 2. The standard InChI is InChI=1S/C53H83N5O8/c1-8-9-26-62-34-49(32-57-29-38(57)3)65-51(59)54-44-18-10-40(11-19-44)27-41-12-20-45(21-13-41)55-52(60)66-50(33-58-30-39(58)4)36-64-47-24-16-43(17-25-47)53(5,6)42-14-22-46(23-15-42)63-35-48(61-7)31-56-28-37(56)2/h14-17,22-25,37-41,44-45,48-50H,8-13,18-21,26-36H2,1-7H3,(H,54,59)(H,55,60). The van der Waals surface area contributed by atoms with Gasteiger partial charge in [0.15, 0.2) is 6.10 Å². The summed E-state index contributed by atoms with van der Waals surface area (Å²) in [7, 11) is 1.75. The highest BCUT2D eigenvalue weighted by molar-refractivity contribution is 5.68. The molecular weight excluding hydrogens is 835 g/mol. The molecule has 0 bridgehead atoms. The largest absolute Gasteiger partial charge is 0.491 e. The van der Waals surface area contributed by atoms with Gasteiger partial charge in [-0.2, -0.15) is 0 Å². The van der Waals surface area contributed by atoms with Crippen LogP contribution in [0.2, 0.25) is 0 Å². The topological polar surface area (TPSA) is 123 Å². The smallest absolute Gasteiger partial charge is 0.407 e. The Balaban J connectivity index is 0.787. The third-order valence-corrected chi connectivity index (χ3v) is 15.1. The Bertz CT molecular complexity index is 1780. The van der Waals surface area contributed by atoms with Crippen LogP contribution in [0.5, 0.6) is 11.5 Å². The Morgan fingerprint density at radius 3 is 1.41 bits per heavy atom. The molecule has 66 heavy (non-hydrogen) atoms. The van der Waals surface area contributed by atoms with Gasteiger partial charge in [-0.25, -0.2) is 9.59 Å². The van der Waals surface area contributed by atoms with Gasteiger partial charge in [0.25, 0.3) is 0 Å². The molecule has 13 heteroatoms. The number of rotatable bonds is 26. The SMILES string of the molecule is CCCCOCC(CN1CC1C)OC(=O)NC1CCC(CC2CCC(NC(=O)OC(COc3ccc(C(C)(C)c4ccc(OCC(CN5CC5C)OC)cc4)cc3)CN3CC3C)CC2)CC1. The highest BCUT2D eigenvalue weighted by Crippen LogP contribution is 2.36. The van der Waals surface area contributed by atoms with E-state index in [1.807, 2.05) is 24.3 Å².